The lowest BCUT2D eigenvalue weighted by atomic mass is 10.0. The molecule has 4 heterocycles. The van der Waals surface area contributed by atoms with Crippen molar-refractivity contribution < 1.29 is 0 Å². The second-order valence-corrected chi connectivity index (χ2v) is 8.01. The fourth-order valence-corrected chi connectivity index (χ4v) is 4.49. The Kier molecular flexibility index (Phi) is 5.46. The maximum atomic E-state index is 5.81. The summed E-state index contributed by atoms with van der Waals surface area (Å²) >= 11 is 5.81. The summed E-state index contributed by atoms with van der Waals surface area (Å²) in [4.78, 5) is 11.4. The van der Waals surface area contributed by atoms with Crippen LogP contribution in [0, 0.1) is 0 Å². The van der Waals surface area contributed by atoms with E-state index < -0.39 is 0 Å². The van der Waals surface area contributed by atoms with Gasteiger partial charge in [0.2, 0.25) is 0 Å². The van der Waals surface area contributed by atoms with Gasteiger partial charge >= 0.3 is 0 Å². The van der Waals surface area contributed by atoms with Crippen molar-refractivity contribution in [2.75, 3.05) is 0 Å². The number of nitrogens with one attached hydrogen (secondary N) is 1. The molecule has 2 atom stereocenters. The summed E-state index contributed by atoms with van der Waals surface area (Å²) < 4.78 is 2.26. The predicted molar refractivity (Wildman–Crippen MR) is 125 cm³/mol. The lowest BCUT2D eigenvalue weighted by molar-refractivity contribution is 0.298. The van der Waals surface area contributed by atoms with Gasteiger partial charge in [-0.2, -0.15) is 0 Å². The molecule has 6 heteroatoms. The van der Waals surface area contributed by atoms with Crippen LogP contribution in [0.25, 0.3) is 0 Å². The van der Waals surface area contributed by atoms with Crippen LogP contribution in [-0.4, -0.2) is 24.5 Å². The highest BCUT2D eigenvalue weighted by Crippen LogP contribution is 2.39. The number of thiocarbonyl (C=S) groups is 1. The number of benzene rings is 1. The molecule has 0 amide bonds. The van der Waals surface area contributed by atoms with E-state index in [1.54, 1.807) is 0 Å². The van der Waals surface area contributed by atoms with Crippen molar-refractivity contribution in [1.29, 1.82) is 0 Å². The standard InChI is InChI=1S/C25H23N5S/c31-25-28-23(21-12-5-7-15-27-21)24(30(25)17-19-9-2-1-3-10-19)22-13-8-16-29(22)18-20-11-4-6-14-26-20/h1-16,23-24H,17-18H2,(H,28,31)/t23-,24-/m0/s1. The SMILES string of the molecule is S=C1N[C@@H](c2ccccn2)[C@H](c2cccn2Cc2ccccn2)N1Cc1ccccc1. The van der Waals surface area contributed by atoms with Gasteiger partial charge in [-0.05, 0) is 54.2 Å². The van der Waals surface area contributed by atoms with Crippen molar-refractivity contribution in [3.05, 3.63) is 120 Å². The minimum Gasteiger partial charge on any atom is -0.352 e. The number of hydrogen-bond acceptors (Lipinski definition) is 3. The van der Waals surface area contributed by atoms with E-state index in [9.17, 15) is 0 Å². The van der Waals surface area contributed by atoms with Crippen LogP contribution in [0.3, 0.4) is 0 Å². The quantitative estimate of drug-likeness (QED) is 0.461. The Morgan fingerprint density at radius 3 is 2.32 bits per heavy atom. The van der Waals surface area contributed by atoms with E-state index >= 15 is 0 Å². The van der Waals surface area contributed by atoms with Gasteiger partial charge in [0, 0.05) is 30.8 Å². The third kappa shape index (κ3) is 4.07. The fourth-order valence-electron chi connectivity index (χ4n) is 4.18. The Balaban J connectivity index is 1.54. The third-order valence-electron chi connectivity index (χ3n) is 5.62. The lowest BCUT2D eigenvalue weighted by Gasteiger charge is -2.29. The largest absolute Gasteiger partial charge is 0.352 e. The summed E-state index contributed by atoms with van der Waals surface area (Å²) in [6, 6.07) is 26.8. The Hall–Kier alpha value is -3.51. The molecule has 5 nitrogen and oxygen atoms in total. The topological polar surface area (TPSA) is 46.0 Å². The second-order valence-electron chi connectivity index (χ2n) is 7.62. The van der Waals surface area contributed by atoms with Crippen LogP contribution in [-0.2, 0) is 13.1 Å². The van der Waals surface area contributed by atoms with Gasteiger partial charge in [-0.25, -0.2) is 0 Å². The van der Waals surface area contributed by atoms with Crippen molar-refractivity contribution in [2.45, 2.75) is 25.2 Å². The summed E-state index contributed by atoms with van der Waals surface area (Å²) in [5.74, 6) is 0. The van der Waals surface area contributed by atoms with E-state index in [-0.39, 0.29) is 12.1 Å². The molecule has 0 unspecified atom stereocenters. The van der Waals surface area contributed by atoms with Gasteiger partial charge in [0.05, 0.1) is 30.0 Å². The molecule has 1 aliphatic rings. The van der Waals surface area contributed by atoms with E-state index in [4.69, 9.17) is 12.2 Å². The first-order valence-electron chi connectivity index (χ1n) is 10.4. The molecule has 0 aliphatic carbocycles. The van der Waals surface area contributed by atoms with Crippen LogP contribution in [0.2, 0.25) is 0 Å². The number of pyridine rings is 2. The molecule has 0 bridgehead atoms. The molecule has 154 valence electrons. The van der Waals surface area contributed by atoms with Crippen LogP contribution < -0.4 is 5.32 Å². The van der Waals surface area contributed by atoms with E-state index in [0.29, 0.717) is 6.54 Å². The van der Waals surface area contributed by atoms with E-state index in [2.05, 4.69) is 79.5 Å². The molecule has 31 heavy (non-hydrogen) atoms. The minimum atomic E-state index is -0.0326. The normalized spacial score (nSPS) is 18.2. The third-order valence-corrected chi connectivity index (χ3v) is 5.97. The number of hydrogen-bond donors (Lipinski definition) is 1. The molecule has 0 saturated carbocycles. The van der Waals surface area contributed by atoms with Gasteiger partial charge in [-0.3, -0.25) is 9.97 Å². The molecule has 1 saturated heterocycles. The summed E-state index contributed by atoms with van der Waals surface area (Å²) in [6.07, 6.45) is 5.79. The van der Waals surface area contributed by atoms with Crippen LogP contribution in [0.5, 0.6) is 0 Å². The zero-order chi connectivity index (χ0) is 21.0. The van der Waals surface area contributed by atoms with Crippen molar-refractivity contribution >= 4 is 17.3 Å². The lowest BCUT2D eigenvalue weighted by Crippen LogP contribution is -2.30. The summed E-state index contributed by atoms with van der Waals surface area (Å²) in [6.45, 7) is 1.44. The van der Waals surface area contributed by atoms with E-state index in [1.165, 1.54) is 11.3 Å². The molecule has 4 aromatic rings. The van der Waals surface area contributed by atoms with Crippen LogP contribution >= 0.6 is 12.2 Å². The first-order chi connectivity index (χ1) is 15.3. The molecule has 5 rings (SSSR count). The second kappa shape index (κ2) is 8.70. The van der Waals surface area contributed by atoms with Gasteiger partial charge in [0.25, 0.3) is 0 Å². The number of nitrogens with zero attached hydrogens (tertiary/aromatic N) is 4. The van der Waals surface area contributed by atoms with Crippen molar-refractivity contribution in [1.82, 2.24) is 24.8 Å². The zero-order valence-corrected chi connectivity index (χ0v) is 17.8. The average Bonchev–Trinajstić information content (AvgIpc) is 3.40. The highest BCUT2D eigenvalue weighted by Gasteiger charge is 2.41. The average molecular weight is 426 g/mol. The van der Waals surface area contributed by atoms with Gasteiger partial charge in [-0.15, -0.1) is 0 Å². The van der Waals surface area contributed by atoms with Crippen molar-refractivity contribution in [3.63, 3.8) is 0 Å². The highest BCUT2D eigenvalue weighted by molar-refractivity contribution is 7.80. The Bertz CT molecular complexity index is 1140. The molecule has 3 aromatic heterocycles. The van der Waals surface area contributed by atoms with Crippen LogP contribution in [0.1, 0.15) is 34.7 Å². The van der Waals surface area contributed by atoms with Gasteiger partial charge in [0.1, 0.15) is 0 Å². The zero-order valence-electron chi connectivity index (χ0n) is 17.0. The maximum Gasteiger partial charge on any atom is 0.170 e. The Morgan fingerprint density at radius 2 is 1.58 bits per heavy atom. The van der Waals surface area contributed by atoms with Crippen LogP contribution in [0.15, 0.2) is 97.5 Å². The van der Waals surface area contributed by atoms with Crippen molar-refractivity contribution in [3.8, 4) is 0 Å². The number of rotatable bonds is 6. The van der Waals surface area contributed by atoms with Gasteiger partial charge in [-0.1, -0.05) is 42.5 Å². The monoisotopic (exact) mass is 425 g/mol. The molecule has 1 fully saturated rings. The van der Waals surface area contributed by atoms with Gasteiger partial charge < -0.3 is 14.8 Å². The highest BCUT2D eigenvalue weighted by atomic mass is 32.1. The van der Waals surface area contributed by atoms with E-state index in [1.807, 2.05) is 42.7 Å². The minimum absolute atomic E-state index is 0.0151. The molecular formula is C25H23N5S. The summed E-state index contributed by atoms with van der Waals surface area (Å²) in [5.41, 5.74) is 4.42. The Labute approximate surface area is 187 Å². The molecule has 0 spiro atoms. The van der Waals surface area contributed by atoms with Gasteiger partial charge in [0.15, 0.2) is 5.11 Å². The summed E-state index contributed by atoms with van der Waals surface area (Å²) in [7, 11) is 0. The first-order valence-corrected chi connectivity index (χ1v) is 10.8. The molecule has 0 radical (unpaired) electrons. The smallest absolute Gasteiger partial charge is 0.170 e. The predicted octanol–water partition coefficient (Wildman–Crippen LogP) is 4.50. The number of aromatic nitrogens is 3. The Morgan fingerprint density at radius 1 is 0.806 bits per heavy atom. The maximum absolute atomic E-state index is 5.81. The molecule has 1 N–H and O–H groups in total. The van der Waals surface area contributed by atoms with E-state index in [0.717, 1.165) is 23.0 Å². The van der Waals surface area contributed by atoms with Crippen molar-refractivity contribution in [2.24, 2.45) is 0 Å². The summed E-state index contributed by atoms with van der Waals surface area (Å²) in [5, 5.41) is 4.28. The molecular weight excluding hydrogens is 402 g/mol. The molecule has 1 aliphatic heterocycles. The first kappa shape index (κ1) is 19.5. The fraction of sp³-hybridized carbons (Fsp3) is 0.160. The molecule has 1 aromatic carbocycles. The van der Waals surface area contributed by atoms with Crippen LogP contribution in [0.4, 0.5) is 0 Å².